The van der Waals surface area contributed by atoms with Crippen molar-refractivity contribution in [3.8, 4) is 0 Å². The van der Waals surface area contributed by atoms with Crippen molar-refractivity contribution in [2.75, 3.05) is 23.7 Å². The summed E-state index contributed by atoms with van der Waals surface area (Å²) in [6.07, 6.45) is 2.95. The largest absolute Gasteiger partial charge is 0.376 e. The molecule has 1 aliphatic heterocycles. The van der Waals surface area contributed by atoms with Gasteiger partial charge in [-0.1, -0.05) is 19.1 Å². The Labute approximate surface area is 142 Å². The van der Waals surface area contributed by atoms with Gasteiger partial charge in [-0.3, -0.25) is 9.10 Å². The van der Waals surface area contributed by atoms with Gasteiger partial charge in [0.1, 0.15) is 11.9 Å². The van der Waals surface area contributed by atoms with Gasteiger partial charge in [0.25, 0.3) is 0 Å². The topological polar surface area (TPSA) is 75.7 Å². The van der Waals surface area contributed by atoms with Crippen LogP contribution in [0.3, 0.4) is 0 Å². The number of sulfonamides is 1. The van der Waals surface area contributed by atoms with E-state index in [1.807, 2.05) is 0 Å². The van der Waals surface area contributed by atoms with E-state index in [-0.39, 0.29) is 18.2 Å². The van der Waals surface area contributed by atoms with E-state index in [4.69, 9.17) is 4.74 Å². The molecule has 1 aromatic carbocycles. The zero-order valence-electron chi connectivity index (χ0n) is 13.9. The third kappa shape index (κ3) is 4.45. The first-order valence-electron chi connectivity index (χ1n) is 7.97. The Morgan fingerprint density at radius 2 is 2.17 bits per heavy atom. The van der Waals surface area contributed by atoms with Crippen LogP contribution in [0.4, 0.5) is 10.1 Å². The van der Waals surface area contributed by atoms with Gasteiger partial charge >= 0.3 is 0 Å². The van der Waals surface area contributed by atoms with E-state index < -0.39 is 27.8 Å². The minimum Gasteiger partial charge on any atom is -0.376 e. The highest BCUT2D eigenvalue weighted by Crippen LogP contribution is 2.25. The molecule has 2 rings (SSSR count). The molecule has 0 radical (unpaired) electrons. The number of nitrogens with one attached hydrogen (secondary N) is 1. The lowest BCUT2D eigenvalue weighted by Crippen LogP contribution is -2.50. The van der Waals surface area contributed by atoms with E-state index in [9.17, 15) is 17.6 Å². The number of hydrogen-bond acceptors (Lipinski definition) is 4. The van der Waals surface area contributed by atoms with Crippen molar-refractivity contribution in [2.24, 2.45) is 0 Å². The molecule has 8 heteroatoms. The number of amides is 1. The smallest absolute Gasteiger partial charge is 0.243 e. The molecule has 0 bridgehead atoms. The van der Waals surface area contributed by atoms with E-state index in [2.05, 4.69) is 5.32 Å². The Bertz CT molecular complexity index is 674. The monoisotopic (exact) mass is 358 g/mol. The average molecular weight is 358 g/mol. The second kappa shape index (κ2) is 7.94. The van der Waals surface area contributed by atoms with Gasteiger partial charge in [-0.15, -0.1) is 0 Å². The SMILES string of the molecule is CC[C@H](C(=O)NC[C@@H]1CCCO1)N(c1ccccc1F)S(C)(=O)=O. The van der Waals surface area contributed by atoms with Gasteiger partial charge in [-0.25, -0.2) is 12.8 Å². The van der Waals surface area contributed by atoms with Crippen molar-refractivity contribution in [3.05, 3.63) is 30.1 Å². The summed E-state index contributed by atoms with van der Waals surface area (Å²) in [7, 11) is -3.83. The Morgan fingerprint density at radius 3 is 2.71 bits per heavy atom. The second-order valence-corrected chi connectivity index (χ2v) is 7.67. The molecule has 1 aromatic rings. The fourth-order valence-electron chi connectivity index (χ4n) is 2.80. The van der Waals surface area contributed by atoms with E-state index in [1.54, 1.807) is 6.92 Å². The summed E-state index contributed by atoms with van der Waals surface area (Å²) in [5, 5.41) is 2.72. The molecule has 24 heavy (non-hydrogen) atoms. The number of hydrogen-bond donors (Lipinski definition) is 1. The lowest BCUT2D eigenvalue weighted by Gasteiger charge is -2.30. The molecule has 134 valence electrons. The van der Waals surface area contributed by atoms with Crippen LogP contribution in [0, 0.1) is 5.82 Å². The van der Waals surface area contributed by atoms with Gasteiger partial charge in [0.05, 0.1) is 18.0 Å². The van der Waals surface area contributed by atoms with Gasteiger partial charge < -0.3 is 10.1 Å². The minimum absolute atomic E-state index is 0.0494. The number of carbonyl (C=O) groups is 1. The quantitative estimate of drug-likeness (QED) is 0.804. The van der Waals surface area contributed by atoms with Crippen LogP contribution in [-0.4, -0.2) is 45.9 Å². The summed E-state index contributed by atoms with van der Waals surface area (Å²) in [6.45, 7) is 2.68. The summed E-state index contributed by atoms with van der Waals surface area (Å²) < 4.78 is 44.8. The molecule has 2 atom stereocenters. The molecule has 0 spiro atoms. The molecule has 6 nitrogen and oxygen atoms in total. The Kier molecular flexibility index (Phi) is 6.17. The normalized spacial score (nSPS) is 19.0. The molecule has 1 amide bonds. The zero-order chi connectivity index (χ0) is 17.7. The number of ether oxygens (including phenoxy) is 1. The number of nitrogens with zero attached hydrogens (tertiary/aromatic N) is 1. The molecule has 0 unspecified atom stereocenters. The van der Waals surface area contributed by atoms with Crippen molar-refractivity contribution in [2.45, 2.75) is 38.3 Å². The molecule has 1 fully saturated rings. The fraction of sp³-hybridized carbons (Fsp3) is 0.562. The standard InChI is InChI=1S/C16H23FN2O4S/c1-3-14(16(20)18-11-12-7-6-10-23-12)19(24(2,21)22)15-9-5-4-8-13(15)17/h4-5,8-9,12,14H,3,6-7,10-11H2,1-2H3,(H,18,20)/t12-,14+/m0/s1. The summed E-state index contributed by atoms with van der Waals surface area (Å²) in [5.74, 6) is -1.14. The van der Waals surface area contributed by atoms with E-state index in [0.29, 0.717) is 13.2 Å². The van der Waals surface area contributed by atoms with Crippen LogP contribution in [0.15, 0.2) is 24.3 Å². The molecule has 1 heterocycles. The van der Waals surface area contributed by atoms with Crippen molar-refractivity contribution in [3.63, 3.8) is 0 Å². The molecular weight excluding hydrogens is 335 g/mol. The zero-order valence-corrected chi connectivity index (χ0v) is 14.7. The van der Waals surface area contributed by atoms with Crippen molar-refractivity contribution in [1.29, 1.82) is 0 Å². The van der Waals surface area contributed by atoms with Gasteiger partial charge in [0.15, 0.2) is 0 Å². The predicted octanol–water partition coefficient (Wildman–Crippen LogP) is 1.67. The third-order valence-corrected chi connectivity index (χ3v) is 5.11. The first-order valence-corrected chi connectivity index (χ1v) is 9.82. The first-order chi connectivity index (χ1) is 11.3. The number of anilines is 1. The van der Waals surface area contributed by atoms with Gasteiger partial charge in [0.2, 0.25) is 15.9 Å². The Balaban J connectivity index is 2.22. The Hall–Kier alpha value is -1.67. The summed E-state index contributed by atoms with van der Waals surface area (Å²) in [6, 6.07) is 4.51. The van der Waals surface area contributed by atoms with Crippen LogP contribution < -0.4 is 9.62 Å². The van der Waals surface area contributed by atoms with Crippen LogP contribution >= 0.6 is 0 Å². The summed E-state index contributed by atoms with van der Waals surface area (Å²) in [4.78, 5) is 12.5. The molecule has 0 saturated carbocycles. The van der Waals surface area contributed by atoms with Gasteiger partial charge in [-0.05, 0) is 31.4 Å². The van der Waals surface area contributed by atoms with Crippen molar-refractivity contribution >= 4 is 21.6 Å². The predicted molar refractivity (Wildman–Crippen MR) is 89.8 cm³/mol. The highest BCUT2D eigenvalue weighted by molar-refractivity contribution is 7.92. The van der Waals surface area contributed by atoms with Crippen LogP contribution in [0.5, 0.6) is 0 Å². The molecular formula is C16H23FN2O4S. The lowest BCUT2D eigenvalue weighted by molar-refractivity contribution is -0.122. The Morgan fingerprint density at radius 1 is 1.46 bits per heavy atom. The van der Waals surface area contributed by atoms with Crippen LogP contribution in [-0.2, 0) is 19.6 Å². The van der Waals surface area contributed by atoms with Crippen molar-refractivity contribution < 1.29 is 22.3 Å². The van der Waals surface area contributed by atoms with Crippen LogP contribution in [0.25, 0.3) is 0 Å². The number of rotatable bonds is 7. The highest BCUT2D eigenvalue weighted by atomic mass is 32.2. The molecule has 0 aliphatic carbocycles. The first kappa shape index (κ1) is 18.7. The number of carbonyl (C=O) groups excluding carboxylic acids is 1. The maximum atomic E-state index is 14.1. The summed E-state index contributed by atoms with van der Waals surface area (Å²) in [5.41, 5.74) is -0.126. The number of halogens is 1. The molecule has 1 N–H and O–H groups in total. The molecule has 0 aromatic heterocycles. The highest BCUT2D eigenvalue weighted by Gasteiger charge is 2.33. The third-order valence-electron chi connectivity index (χ3n) is 3.95. The van der Waals surface area contributed by atoms with Crippen molar-refractivity contribution in [1.82, 2.24) is 5.32 Å². The van der Waals surface area contributed by atoms with Crippen LogP contribution in [0.1, 0.15) is 26.2 Å². The fourth-order valence-corrected chi connectivity index (χ4v) is 4.02. The minimum atomic E-state index is -3.83. The van der Waals surface area contributed by atoms with E-state index in [0.717, 1.165) is 23.4 Å². The molecule has 1 saturated heterocycles. The lowest BCUT2D eigenvalue weighted by atomic mass is 10.1. The van der Waals surface area contributed by atoms with Gasteiger partial charge in [0, 0.05) is 13.2 Å². The number of para-hydroxylation sites is 1. The summed E-state index contributed by atoms with van der Waals surface area (Å²) >= 11 is 0. The number of benzene rings is 1. The maximum absolute atomic E-state index is 14.1. The van der Waals surface area contributed by atoms with Gasteiger partial charge in [-0.2, -0.15) is 0 Å². The van der Waals surface area contributed by atoms with E-state index in [1.165, 1.54) is 24.3 Å². The second-order valence-electron chi connectivity index (χ2n) is 5.81. The van der Waals surface area contributed by atoms with E-state index >= 15 is 0 Å². The maximum Gasteiger partial charge on any atom is 0.243 e. The molecule has 1 aliphatic rings. The average Bonchev–Trinajstić information content (AvgIpc) is 3.03. The van der Waals surface area contributed by atoms with Crippen LogP contribution in [0.2, 0.25) is 0 Å².